The molecule has 0 aliphatic heterocycles. The highest BCUT2D eigenvalue weighted by Crippen LogP contribution is 2.19. The van der Waals surface area contributed by atoms with E-state index in [9.17, 15) is 14.7 Å². The summed E-state index contributed by atoms with van der Waals surface area (Å²) in [6, 6.07) is 0. The molecule has 1 amide bonds. The monoisotopic (exact) mass is 296 g/mol. The number of carboxylic acid groups (broad SMARTS) is 1. The third kappa shape index (κ3) is 6.29. The van der Waals surface area contributed by atoms with Crippen LogP contribution in [0.15, 0.2) is 11.6 Å². The predicted octanol–water partition coefficient (Wildman–Crippen LogP) is 2.23. The van der Waals surface area contributed by atoms with Crippen LogP contribution in [0.2, 0.25) is 0 Å². The number of hydrogen-bond donors (Lipinski definition) is 3. The van der Waals surface area contributed by atoms with Crippen LogP contribution in [0.4, 0.5) is 0 Å². The summed E-state index contributed by atoms with van der Waals surface area (Å²) in [6.07, 6.45) is 9.24. The Kier molecular flexibility index (Phi) is 7.43. The van der Waals surface area contributed by atoms with Crippen LogP contribution in [0.3, 0.4) is 0 Å². The zero-order valence-corrected chi connectivity index (χ0v) is 13.2. The van der Waals surface area contributed by atoms with Crippen LogP contribution in [-0.2, 0) is 9.59 Å². The third-order valence-electron chi connectivity index (χ3n) is 4.01. The van der Waals surface area contributed by atoms with E-state index in [4.69, 9.17) is 0 Å². The number of aliphatic carboxylic acids is 1. The molecule has 0 radical (unpaired) electrons. The minimum atomic E-state index is -1.03. The second-order valence-corrected chi connectivity index (χ2v) is 5.95. The number of carbonyl (C=O) groups is 2. The maximum absolute atomic E-state index is 11.8. The van der Waals surface area contributed by atoms with Gasteiger partial charge in [-0.2, -0.15) is 0 Å². The Bertz CT molecular complexity index is 393. The van der Waals surface area contributed by atoms with Gasteiger partial charge in [0.1, 0.15) is 5.54 Å². The molecule has 0 saturated heterocycles. The van der Waals surface area contributed by atoms with E-state index in [2.05, 4.69) is 16.7 Å². The SMILES string of the molecule is CCCC(C)(NCC(=O)NCCC1=CCCCC1)C(=O)O. The maximum atomic E-state index is 11.8. The molecule has 0 spiro atoms. The van der Waals surface area contributed by atoms with Gasteiger partial charge in [0.25, 0.3) is 0 Å². The van der Waals surface area contributed by atoms with Crippen molar-refractivity contribution in [2.45, 2.75) is 64.3 Å². The number of allylic oxidation sites excluding steroid dienone is 1. The van der Waals surface area contributed by atoms with Crippen LogP contribution in [0.25, 0.3) is 0 Å². The molecule has 1 atom stereocenters. The Balaban J connectivity index is 2.26. The summed E-state index contributed by atoms with van der Waals surface area (Å²) in [5.41, 5.74) is 0.397. The highest BCUT2D eigenvalue weighted by molar-refractivity contribution is 5.81. The van der Waals surface area contributed by atoms with E-state index in [0.29, 0.717) is 13.0 Å². The molecule has 21 heavy (non-hydrogen) atoms. The minimum Gasteiger partial charge on any atom is -0.480 e. The van der Waals surface area contributed by atoms with E-state index >= 15 is 0 Å². The Hall–Kier alpha value is -1.36. The fraction of sp³-hybridized carbons (Fsp3) is 0.750. The molecule has 120 valence electrons. The van der Waals surface area contributed by atoms with Crippen LogP contribution in [0, 0.1) is 0 Å². The van der Waals surface area contributed by atoms with Gasteiger partial charge >= 0.3 is 5.97 Å². The normalized spacial score (nSPS) is 17.7. The molecule has 0 fully saturated rings. The van der Waals surface area contributed by atoms with Crippen molar-refractivity contribution in [3.63, 3.8) is 0 Å². The first-order valence-electron chi connectivity index (χ1n) is 7.91. The van der Waals surface area contributed by atoms with Crippen molar-refractivity contribution >= 4 is 11.9 Å². The standard InChI is InChI=1S/C16H28N2O3/c1-3-10-16(2,15(20)21)18-12-14(19)17-11-9-13-7-5-4-6-8-13/h7,18H,3-6,8-12H2,1-2H3,(H,17,19)(H,20,21). The Morgan fingerprint density at radius 2 is 2.14 bits per heavy atom. The van der Waals surface area contributed by atoms with Gasteiger partial charge in [0.2, 0.25) is 5.91 Å². The molecule has 3 N–H and O–H groups in total. The summed E-state index contributed by atoms with van der Waals surface area (Å²) < 4.78 is 0. The quantitative estimate of drug-likeness (QED) is 0.570. The topological polar surface area (TPSA) is 78.4 Å². The molecule has 1 unspecified atom stereocenters. The van der Waals surface area contributed by atoms with Crippen LogP contribution in [0.1, 0.15) is 58.8 Å². The molecule has 0 saturated carbocycles. The van der Waals surface area contributed by atoms with Crippen LogP contribution < -0.4 is 10.6 Å². The van der Waals surface area contributed by atoms with Crippen molar-refractivity contribution in [3.8, 4) is 0 Å². The van der Waals surface area contributed by atoms with Crippen molar-refractivity contribution in [1.82, 2.24) is 10.6 Å². The van der Waals surface area contributed by atoms with Gasteiger partial charge < -0.3 is 10.4 Å². The van der Waals surface area contributed by atoms with Crippen LogP contribution >= 0.6 is 0 Å². The smallest absolute Gasteiger partial charge is 0.323 e. The molecular weight excluding hydrogens is 268 g/mol. The average molecular weight is 296 g/mol. The second kappa shape index (κ2) is 8.82. The van der Waals surface area contributed by atoms with E-state index in [-0.39, 0.29) is 12.5 Å². The van der Waals surface area contributed by atoms with E-state index in [1.807, 2.05) is 6.92 Å². The average Bonchev–Trinajstić information content (AvgIpc) is 2.46. The summed E-state index contributed by atoms with van der Waals surface area (Å²) in [7, 11) is 0. The largest absolute Gasteiger partial charge is 0.480 e. The lowest BCUT2D eigenvalue weighted by Crippen LogP contribution is -2.52. The summed E-state index contributed by atoms with van der Waals surface area (Å²) in [5, 5.41) is 14.9. The Labute approximate surface area is 127 Å². The minimum absolute atomic E-state index is 0.0435. The molecule has 0 aromatic rings. The zero-order chi connectivity index (χ0) is 15.7. The zero-order valence-electron chi connectivity index (χ0n) is 13.2. The molecular formula is C16H28N2O3. The van der Waals surface area contributed by atoms with Gasteiger partial charge in [-0.05, 0) is 45.4 Å². The fourth-order valence-electron chi connectivity index (χ4n) is 2.60. The number of hydrogen-bond acceptors (Lipinski definition) is 3. The third-order valence-corrected chi connectivity index (χ3v) is 4.01. The molecule has 1 rings (SSSR count). The second-order valence-electron chi connectivity index (χ2n) is 5.95. The first-order chi connectivity index (χ1) is 9.98. The number of rotatable bonds is 9. The van der Waals surface area contributed by atoms with Gasteiger partial charge in [-0.25, -0.2) is 0 Å². The van der Waals surface area contributed by atoms with Gasteiger partial charge in [-0.15, -0.1) is 0 Å². The number of carbonyl (C=O) groups excluding carboxylic acids is 1. The van der Waals surface area contributed by atoms with Crippen LogP contribution in [0.5, 0.6) is 0 Å². The highest BCUT2D eigenvalue weighted by atomic mass is 16.4. The van der Waals surface area contributed by atoms with E-state index in [1.165, 1.54) is 18.4 Å². The molecule has 0 aromatic carbocycles. The van der Waals surface area contributed by atoms with Gasteiger partial charge in [0.15, 0.2) is 0 Å². The summed E-state index contributed by atoms with van der Waals surface area (Å²) in [4.78, 5) is 23.0. The van der Waals surface area contributed by atoms with Gasteiger partial charge in [-0.1, -0.05) is 25.0 Å². The van der Waals surface area contributed by atoms with Crippen molar-refractivity contribution < 1.29 is 14.7 Å². The fourth-order valence-corrected chi connectivity index (χ4v) is 2.60. The van der Waals surface area contributed by atoms with Gasteiger partial charge in [0.05, 0.1) is 6.54 Å². The lowest BCUT2D eigenvalue weighted by Gasteiger charge is -2.25. The molecule has 5 heteroatoms. The number of amides is 1. The van der Waals surface area contributed by atoms with Crippen LogP contribution in [-0.4, -0.2) is 35.6 Å². The van der Waals surface area contributed by atoms with E-state index in [1.54, 1.807) is 6.92 Å². The van der Waals surface area contributed by atoms with E-state index in [0.717, 1.165) is 25.7 Å². The van der Waals surface area contributed by atoms with Crippen molar-refractivity contribution in [3.05, 3.63) is 11.6 Å². The first kappa shape index (κ1) is 17.7. The van der Waals surface area contributed by atoms with Crippen molar-refractivity contribution in [2.75, 3.05) is 13.1 Å². The summed E-state index contributed by atoms with van der Waals surface area (Å²) >= 11 is 0. The molecule has 0 heterocycles. The van der Waals surface area contributed by atoms with Gasteiger partial charge in [0, 0.05) is 6.54 Å². The molecule has 0 aromatic heterocycles. The van der Waals surface area contributed by atoms with Gasteiger partial charge in [-0.3, -0.25) is 14.9 Å². The lowest BCUT2D eigenvalue weighted by molar-refractivity contribution is -0.144. The number of nitrogens with one attached hydrogen (secondary N) is 2. The predicted molar refractivity (Wildman–Crippen MR) is 83.1 cm³/mol. The summed E-state index contributed by atoms with van der Waals surface area (Å²) in [5.74, 6) is -1.06. The molecule has 1 aliphatic carbocycles. The maximum Gasteiger partial charge on any atom is 0.323 e. The summed E-state index contributed by atoms with van der Waals surface area (Å²) in [6.45, 7) is 4.23. The Morgan fingerprint density at radius 3 is 2.71 bits per heavy atom. The molecule has 5 nitrogen and oxygen atoms in total. The molecule has 0 bridgehead atoms. The highest BCUT2D eigenvalue weighted by Gasteiger charge is 2.31. The Morgan fingerprint density at radius 1 is 1.38 bits per heavy atom. The lowest BCUT2D eigenvalue weighted by atomic mass is 9.96. The van der Waals surface area contributed by atoms with Crippen molar-refractivity contribution in [2.24, 2.45) is 0 Å². The number of carboxylic acids is 1. The van der Waals surface area contributed by atoms with Crippen molar-refractivity contribution in [1.29, 1.82) is 0 Å². The molecule has 1 aliphatic rings. The van der Waals surface area contributed by atoms with E-state index < -0.39 is 11.5 Å². The first-order valence-corrected chi connectivity index (χ1v) is 7.91.